The molecule has 0 aliphatic carbocycles. The standard InChI is InChI=1S/C17H15ClFN3O/c18-15-8-13(23-17-5-3-4-12(10-20)21-17)9-16(19)14(15)11-22-6-1-2-7-22/h3-5,8-9H,1-2,6-7,11H2. The van der Waals surface area contributed by atoms with Crippen LogP contribution >= 0.6 is 11.6 Å². The molecule has 3 rings (SSSR count). The fourth-order valence-corrected chi connectivity index (χ4v) is 2.87. The molecule has 1 aromatic heterocycles. The van der Waals surface area contributed by atoms with Gasteiger partial charge in [-0.2, -0.15) is 5.26 Å². The van der Waals surface area contributed by atoms with Crippen molar-refractivity contribution in [1.29, 1.82) is 5.26 Å². The summed E-state index contributed by atoms with van der Waals surface area (Å²) in [5, 5.41) is 9.17. The lowest BCUT2D eigenvalue weighted by atomic mass is 10.2. The second kappa shape index (κ2) is 6.95. The van der Waals surface area contributed by atoms with Crippen molar-refractivity contribution >= 4 is 11.6 Å². The van der Waals surface area contributed by atoms with Crippen LogP contribution in [-0.2, 0) is 6.54 Å². The van der Waals surface area contributed by atoms with E-state index in [9.17, 15) is 4.39 Å². The van der Waals surface area contributed by atoms with Crippen LogP contribution in [0.15, 0.2) is 30.3 Å². The molecule has 0 atom stereocenters. The Morgan fingerprint density at radius 2 is 2.09 bits per heavy atom. The third-order valence-corrected chi connectivity index (χ3v) is 4.09. The molecule has 1 saturated heterocycles. The number of benzene rings is 1. The predicted molar refractivity (Wildman–Crippen MR) is 84.9 cm³/mol. The molecule has 1 aliphatic heterocycles. The Labute approximate surface area is 139 Å². The van der Waals surface area contributed by atoms with Crippen molar-refractivity contribution in [2.24, 2.45) is 0 Å². The lowest BCUT2D eigenvalue weighted by Gasteiger charge is -2.17. The van der Waals surface area contributed by atoms with Crippen LogP contribution in [0.1, 0.15) is 24.1 Å². The fraction of sp³-hybridized carbons (Fsp3) is 0.294. The molecule has 23 heavy (non-hydrogen) atoms. The molecule has 2 heterocycles. The molecule has 0 N–H and O–H groups in total. The first kappa shape index (κ1) is 15.7. The Bertz CT molecular complexity index is 731. The molecule has 0 saturated carbocycles. The molecular weight excluding hydrogens is 317 g/mol. The number of nitriles is 1. The first-order chi connectivity index (χ1) is 11.2. The minimum atomic E-state index is -0.393. The number of hydrogen-bond acceptors (Lipinski definition) is 4. The monoisotopic (exact) mass is 331 g/mol. The van der Waals surface area contributed by atoms with Crippen molar-refractivity contribution in [3.63, 3.8) is 0 Å². The van der Waals surface area contributed by atoms with Crippen molar-refractivity contribution in [3.05, 3.63) is 52.4 Å². The highest BCUT2D eigenvalue weighted by molar-refractivity contribution is 6.31. The molecule has 4 nitrogen and oxygen atoms in total. The number of aromatic nitrogens is 1. The zero-order chi connectivity index (χ0) is 16.2. The lowest BCUT2D eigenvalue weighted by molar-refractivity contribution is 0.325. The van der Waals surface area contributed by atoms with E-state index in [4.69, 9.17) is 21.6 Å². The van der Waals surface area contributed by atoms with Crippen molar-refractivity contribution in [1.82, 2.24) is 9.88 Å². The first-order valence-corrected chi connectivity index (χ1v) is 7.79. The Kier molecular flexibility index (Phi) is 4.75. The van der Waals surface area contributed by atoms with Crippen molar-refractivity contribution in [2.45, 2.75) is 19.4 Å². The third kappa shape index (κ3) is 3.79. The Morgan fingerprint density at radius 3 is 2.78 bits per heavy atom. The fourth-order valence-electron chi connectivity index (χ4n) is 2.61. The van der Waals surface area contributed by atoms with Gasteiger partial charge >= 0.3 is 0 Å². The summed E-state index contributed by atoms with van der Waals surface area (Å²) in [5.41, 5.74) is 0.722. The van der Waals surface area contributed by atoms with Gasteiger partial charge in [-0.05, 0) is 32.0 Å². The van der Waals surface area contributed by atoms with Crippen LogP contribution < -0.4 is 4.74 Å². The van der Waals surface area contributed by atoms with Gasteiger partial charge in [0.15, 0.2) is 0 Å². The number of ether oxygens (including phenoxy) is 1. The van der Waals surface area contributed by atoms with Gasteiger partial charge in [0.05, 0.1) is 5.02 Å². The average molecular weight is 332 g/mol. The van der Waals surface area contributed by atoms with E-state index in [-0.39, 0.29) is 17.3 Å². The molecule has 0 bridgehead atoms. The summed E-state index contributed by atoms with van der Waals surface area (Å²) in [6.07, 6.45) is 2.28. The summed E-state index contributed by atoms with van der Waals surface area (Å²) in [7, 11) is 0. The van der Waals surface area contributed by atoms with Crippen LogP contribution in [0.4, 0.5) is 4.39 Å². The molecule has 2 aromatic rings. The largest absolute Gasteiger partial charge is 0.439 e. The highest BCUT2D eigenvalue weighted by Crippen LogP contribution is 2.30. The van der Waals surface area contributed by atoms with E-state index >= 15 is 0 Å². The van der Waals surface area contributed by atoms with E-state index in [2.05, 4.69) is 9.88 Å². The average Bonchev–Trinajstić information content (AvgIpc) is 3.04. The van der Waals surface area contributed by atoms with E-state index in [0.717, 1.165) is 25.9 Å². The number of rotatable bonds is 4. The van der Waals surface area contributed by atoms with Crippen LogP contribution in [0.5, 0.6) is 11.6 Å². The molecule has 6 heteroatoms. The number of nitrogens with zero attached hydrogens (tertiary/aromatic N) is 3. The van der Waals surface area contributed by atoms with Gasteiger partial charge in [0.2, 0.25) is 5.88 Å². The first-order valence-electron chi connectivity index (χ1n) is 7.41. The number of halogens is 2. The molecule has 0 spiro atoms. The summed E-state index contributed by atoms with van der Waals surface area (Å²) >= 11 is 6.22. The summed E-state index contributed by atoms with van der Waals surface area (Å²) in [6.45, 7) is 2.45. The zero-order valence-electron chi connectivity index (χ0n) is 12.4. The van der Waals surface area contributed by atoms with Crippen LogP contribution in [0.3, 0.4) is 0 Å². The van der Waals surface area contributed by atoms with Crippen molar-refractivity contribution < 1.29 is 9.13 Å². The Morgan fingerprint density at radius 1 is 1.30 bits per heavy atom. The van der Waals surface area contributed by atoms with E-state index in [1.807, 2.05) is 6.07 Å². The maximum Gasteiger partial charge on any atom is 0.220 e. The second-order valence-corrected chi connectivity index (χ2v) is 5.83. The van der Waals surface area contributed by atoms with Gasteiger partial charge in [-0.25, -0.2) is 9.37 Å². The van der Waals surface area contributed by atoms with Gasteiger partial charge in [0.1, 0.15) is 23.3 Å². The number of likely N-dealkylation sites (tertiary alicyclic amines) is 1. The van der Waals surface area contributed by atoms with Crippen molar-refractivity contribution in [3.8, 4) is 17.7 Å². The quantitative estimate of drug-likeness (QED) is 0.845. The molecular formula is C17H15ClFN3O. The normalized spacial score (nSPS) is 14.7. The van der Waals surface area contributed by atoms with E-state index in [1.54, 1.807) is 24.3 Å². The van der Waals surface area contributed by atoms with Gasteiger partial charge in [-0.3, -0.25) is 4.90 Å². The van der Waals surface area contributed by atoms with E-state index in [1.165, 1.54) is 6.07 Å². The molecule has 0 unspecified atom stereocenters. The minimum Gasteiger partial charge on any atom is -0.439 e. The summed E-state index contributed by atoms with van der Waals surface area (Å²) in [5.74, 6) is 0.0999. The van der Waals surface area contributed by atoms with E-state index < -0.39 is 5.82 Å². The highest BCUT2D eigenvalue weighted by atomic mass is 35.5. The van der Waals surface area contributed by atoms with Gasteiger partial charge in [-0.1, -0.05) is 17.7 Å². The number of pyridine rings is 1. The zero-order valence-corrected chi connectivity index (χ0v) is 13.2. The number of hydrogen-bond donors (Lipinski definition) is 0. The molecule has 0 amide bonds. The highest BCUT2D eigenvalue weighted by Gasteiger charge is 2.17. The summed E-state index contributed by atoms with van der Waals surface area (Å²) < 4.78 is 19.9. The SMILES string of the molecule is N#Cc1cccc(Oc2cc(F)c(CN3CCCC3)c(Cl)c2)n1. The van der Waals surface area contributed by atoms with Crippen LogP contribution in [0.25, 0.3) is 0 Å². The molecule has 1 fully saturated rings. The Balaban J connectivity index is 1.79. The Hall–Kier alpha value is -2.16. The second-order valence-electron chi connectivity index (χ2n) is 5.42. The molecule has 1 aliphatic rings. The van der Waals surface area contributed by atoms with Gasteiger partial charge < -0.3 is 4.74 Å². The third-order valence-electron chi connectivity index (χ3n) is 3.76. The summed E-state index contributed by atoms with van der Waals surface area (Å²) in [4.78, 5) is 6.18. The maximum absolute atomic E-state index is 14.3. The predicted octanol–water partition coefficient (Wildman–Crippen LogP) is 4.13. The molecule has 0 radical (unpaired) electrons. The summed E-state index contributed by atoms with van der Waals surface area (Å²) in [6, 6.07) is 9.64. The molecule has 1 aromatic carbocycles. The van der Waals surface area contributed by atoms with E-state index in [0.29, 0.717) is 17.1 Å². The van der Waals surface area contributed by atoms with Gasteiger partial charge in [0.25, 0.3) is 0 Å². The van der Waals surface area contributed by atoms with Crippen molar-refractivity contribution in [2.75, 3.05) is 13.1 Å². The van der Waals surface area contributed by atoms with Gasteiger partial charge in [-0.15, -0.1) is 0 Å². The minimum absolute atomic E-state index is 0.229. The van der Waals surface area contributed by atoms with Gasteiger partial charge in [0, 0.05) is 30.3 Å². The van der Waals surface area contributed by atoms with Crippen LogP contribution in [0.2, 0.25) is 5.02 Å². The topological polar surface area (TPSA) is 49.1 Å². The smallest absolute Gasteiger partial charge is 0.220 e. The maximum atomic E-state index is 14.3. The lowest BCUT2D eigenvalue weighted by Crippen LogP contribution is -2.19. The van der Waals surface area contributed by atoms with Crippen LogP contribution in [0, 0.1) is 17.1 Å². The van der Waals surface area contributed by atoms with Crippen LogP contribution in [-0.4, -0.2) is 23.0 Å². The molecule has 118 valence electrons.